The molecule has 2 fully saturated rings. The highest BCUT2D eigenvalue weighted by atomic mass is 15.4. The van der Waals surface area contributed by atoms with Crippen molar-refractivity contribution in [1.82, 2.24) is 25.1 Å². The first-order valence-corrected chi connectivity index (χ1v) is 11.6. The minimum absolute atomic E-state index is 0.790. The molecule has 2 aromatic rings. The second kappa shape index (κ2) is 11.1. The van der Waals surface area contributed by atoms with E-state index in [1.165, 1.54) is 49.9 Å². The topological polar surface area (TPSA) is 59.9 Å². The fourth-order valence-electron chi connectivity index (χ4n) is 4.40. The number of nitrogens with zero attached hydrogens (tertiary/aromatic N) is 6. The molecular formula is C24H35N7. The Morgan fingerprint density at radius 2 is 1.52 bits per heavy atom. The van der Waals surface area contributed by atoms with E-state index in [9.17, 15) is 0 Å². The summed E-state index contributed by atoms with van der Waals surface area (Å²) in [5.41, 5.74) is 2.70. The van der Waals surface area contributed by atoms with E-state index in [1.807, 2.05) is 13.1 Å². The Kier molecular flexibility index (Phi) is 7.71. The van der Waals surface area contributed by atoms with Gasteiger partial charge in [0.15, 0.2) is 5.96 Å². The van der Waals surface area contributed by atoms with Crippen molar-refractivity contribution in [2.45, 2.75) is 38.8 Å². The molecule has 0 radical (unpaired) electrons. The first kappa shape index (κ1) is 21.6. The zero-order chi connectivity index (χ0) is 21.3. The fraction of sp³-hybridized carbons (Fsp3) is 0.542. The van der Waals surface area contributed by atoms with Crippen molar-refractivity contribution in [1.29, 1.82) is 0 Å². The first-order chi connectivity index (χ1) is 15.3. The van der Waals surface area contributed by atoms with Crippen LogP contribution >= 0.6 is 0 Å². The van der Waals surface area contributed by atoms with Crippen LogP contribution in [0.5, 0.6) is 0 Å². The van der Waals surface area contributed by atoms with Gasteiger partial charge >= 0.3 is 0 Å². The van der Waals surface area contributed by atoms with Crippen molar-refractivity contribution < 1.29 is 0 Å². The van der Waals surface area contributed by atoms with Gasteiger partial charge in [-0.25, -0.2) is 9.97 Å². The van der Waals surface area contributed by atoms with E-state index >= 15 is 0 Å². The number of aromatic nitrogens is 2. The number of benzene rings is 1. The summed E-state index contributed by atoms with van der Waals surface area (Å²) < 4.78 is 0. The summed E-state index contributed by atoms with van der Waals surface area (Å²) in [6.45, 7) is 7.96. The van der Waals surface area contributed by atoms with Crippen molar-refractivity contribution in [3.63, 3.8) is 0 Å². The Bertz CT molecular complexity index is 806. The van der Waals surface area contributed by atoms with E-state index in [0.717, 1.165) is 51.2 Å². The molecule has 1 aromatic carbocycles. The van der Waals surface area contributed by atoms with Gasteiger partial charge in [-0.3, -0.25) is 9.89 Å². The molecule has 0 bridgehead atoms. The Morgan fingerprint density at radius 3 is 2.16 bits per heavy atom. The Morgan fingerprint density at radius 1 is 0.871 bits per heavy atom. The smallest absolute Gasteiger partial charge is 0.225 e. The van der Waals surface area contributed by atoms with Gasteiger partial charge in [0, 0.05) is 58.7 Å². The van der Waals surface area contributed by atoms with Crippen molar-refractivity contribution >= 4 is 11.9 Å². The van der Waals surface area contributed by atoms with Gasteiger partial charge in [0.2, 0.25) is 5.95 Å². The lowest BCUT2D eigenvalue weighted by Crippen LogP contribution is -2.52. The minimum atomic E-state index is 0.790. The fourth-order valence-corrected chi connectivity index (χ4v) is 4.40. The number of aliphatic imine (C=N–C) groups is 1. The van der Waals surface area contributed by atoms with E-state index in [-0.39, 0.29) is 0 Å². The first-order valence-electron chi connectivity index (χ1n) is 11.6. The van der Waals surface area contributed by atoms with E-state index in [0.29, 0.717) is 0 Å². The summed E-state index contributed by atoms with van der Waals surface area (Å²) in [6.07, 6.45) is 9.05. The monoisotopic (exact) mass is 421 g/mol. The molecular weight excluding hydrogens is 386 g/mol. The van der Waals surface area contributed by atoms with Crippen molar-refractivity contribution in [2.75, 3.05) is 51.2 Å². The molecule has 166 valence electrons. The second-order valence-corrected chi connectivity index (χ2v) is 8.43. The Hall–Kier alpha value is -2.67. The number of hydrogen-bond acceptors (Lipinski definition) is 5. The van der Waals surface area contributed by atoms with Crippen LogP contribution in [-0.2, 0) is 13.1 Å². The maximum atomic E-state index is 4.50. The highest BCUT2D eigenvalue weighted by Gasteiger charge is 2.21. The van der Waals surface area contributed by atoms with E-state index < -0.39 is 0 Å². The number of guanidine groups is 1. The van der Waals surface area contributed by atoms with Gasteiger partial charge in [-0.05, 0) is 43.1 Å². The van der Waals surface area contributed by atoms with E-state index in [4.69, 9.17) is 0 Å². The van der Waals surface area contributed by atoms with Crippen LogP contribution in [0.3, 0.4) is 0 Å². The van der Waals surface area contributed by atoms with Crippen LogP contribution in [0, 0.1) is 0 Å². The molecule has 4 rings (SSSR count). The quantitative estimate of drug-likeness (QED) is 0.592. The second-order valence-electron chi connectivity index (χ2n) is 8.43. The summed E-state index contributed by atoms with van der Waals surface area (Å²) in [7, 11) is 1.86. The molecule has 7 nitrogen and oxygen atoms in total. The van der Waals surface area contributed by atoms with Crippen molar-refractivity contribution in [3.8, 4) is 0 Å². The lowest BCUT2D eigenvalue weighted by Gasteiger charge is -2.36. The van der Waals surface area contributed by atoms with Crippen LogP contribution in [0.15, 0.2) is 47.7 Å². The molecule has 1 N–H and O–H groups in total. The number of hydrogen-bond donors (Lipinski definition) is 1. The number of nitrogens with one attached hydrogen (secondary N) is 1. The third-order valence-electron chi connectivity index (χ3n) is 6.20. The van der Waals surface area contributed by atoms with Gasteiger partial charge < -0.3 is 15.1 Å². The molecule has 2 saturated heterocycles. The number of rotatable bonds is 5. The lowest BCUT2D eigenvalue weighted by atomic mass is 10.1. The number of piperazine rings is 1. The zero-order valence-electron chi connectivity index (χ0n) is 18.7. The molecule has 0 aliphatic carbocycles. The molecule has 0 atom stereocenters. The maximum absolute atomic E-state index is 4.50. The molecule has 3 heterocycles. The summed E-state index contributed by atoms with van der Waals surface area (Å²) in [5.74, 6) is 1.77. The molecule has 0 amide bonds. The molecule has 0 saturated carbocycles. The predicted octanol–water partition coefficient (Wildman–Crippen LogP) is 2.75. The largest absolute Gasteiger partial charge is 0.352 e. The van der Waals surface area contributed by atoms with E-state index in [1.54, 1.807) is 12.4 Å². The highest BCUT2D eigenvalue weighted by molar-refractivity contribution is 5.80. The van der Waals surface area contributed by atoms with Gasteiger partial charge in [0.1, 0.15) is 0 Å². The molecule has 0 unspecified atom stereocenters. The number of anilines is 1. The Labute approximate surface area is 186 Å². The summed E-state index contributed by atoms with van der Waals surface area (Å²) >= 11 is 0. The van der Waals surface area contributed by atoms with Crippen molar-refractivity contribution in [2.24, 2.45) is 4.99 Å². The summed E-state index contributed by atoms with van der Waals surface area (Å²) in [5, 5.41) is 3.53. The molecule has 7 heteroatoms. The van der Waals surface area contributed by atoms with Crippen LogP contribution in [0.25, 0.3) is 0 Å². The average Bonchev–Trinajstić information content (AvgIpc) is 3.10. The van der Waals surface area contributed by atoms with Crippen LogP contribution < -0.4 is 10.2 Å². The third kappa shape index (κ3) is 6.17. The van der Waals surface area contributed by atoms with E-state index in [2.05, 4.69) is 59.2 Å². The predicted molar refractivity (Wildman–Crippen MR) is 126 cm³/mol. The molecule has 31 heavy (non-hydrogen) atoms. The molecule has 2 aliphatic heterocycles. The van der Waals surface area contributed by atoms with Gasteiger partial charge in [0.05, 0.1) is 0 Å². The number of likely N-dealkylation sites (tertiary alicyclic amines) is 1. The highest BCUT2D eigenvalue weighted by Crippen LogP contribution is 2.14. The molecule has 0 spiro atoms. The minimum Gasteiger partial charge on any atom is -0.352 e. The van der Waals surface area contributed by atoms with Gasteiger partial charge in [0.25, 0.3) is 0 Å². The van der Waals surface area contributed by atoms with Gasteiger partial charge in [-0.2, -0.15) is 0 Å². The van der Waals surface area contributed by atoms with Crippen LogP contribution in [-0.4, -0.2) is 72.0 Å². The third-order valence-corrected chi connectivity index (χ3v) is 6.20. The molecule has 2 aliphatic rings. The van der Waals surface area contributed by atoms with Gasteiger partial charge in [-0.15, -0.1) is 0 Å². The summed E-state index contributed by atoms with van der Waals surface area (Å²) in [6, 6.07) is 10.9. The zero-order valence-corrected chi connectivity index (χ0v) is 18.7. The summed E-state index contributed by atoms with van der Waals surface area (Å²) in [4.78, 5) is 20.4. The average molecular weight is 422 g/mol. The SMILES string of the molecule is CN=C(NCc1ccc(CN2CCCCCC2)cc1)N1CCN(c2ncccn2)CC1. The van der Waals surface area contributed by atoms with Crippen LogP contribution in [0.1, 0.15) is 36.8 Å². The van der Waals surface area contributed by atoms with Crippen molar-refractivity contribution in [3.05, 3.63) is 53.9 Å². The van der Waals surface area contributed by atoms with Crippen LogP contribution in [0.2, 0.25) is 0 Å². The standard InChI is InChI=1S/C24H35N7/c1-25-23(30-15-17-31(18-16-30)24-26-11-6-12-27-24)28-19-21-7-9-22(10-8-21)20-29-13-4-2-3-5-14-29/h6-12H,2-5,13-20H2,1H3,(H,25,28). The lowest BCUT2D eigenvalue weighted by molar-refractivity contribution is 0.277. The van der Waals surface area contributed by atoms with Gasteiger partial charge in [-0.1, -0.05) is 37.1 Å². The van der Waals surface area contributed by atoms with Crippen LogP contribution in [0.4, 0.5) is 5.95 Å². The molecule has 1 aromatic heterocycles. The Balaban J connectivity index is 1.24. The normalized spacial score (nSPS) is 18.7. The maximum Gasteiger partial charge on any atom is 0.225 e.